The van der Waals surface area contributed by atoms with Gasteiger partial charge in [-0.05, 0) is 61.6 Å². The van der Waals surface area contributed by atoms with Gasteiger partial charge in [-0.25, -0.2) is 0 Å². The summed E-state index contributed by atoms with van der Waals surface area (Å²) < 4.78 is 0. The Bertz CT molecular complexity index is 711. The number of aromatic nitrogens is 1. The van der Waals surface area contributed by atoms with Crippen LogP contribution in [-0.2, 0) is 11.2 Å². The summed E-state index contributed by atoms with van der Waals surface area (Å²) in [5.74, 6) is 0.895. The summed E-state index contributed by atoms with van der Waals surface area (Å²) in [5.41, 5.74) is 5.02. The van der Waals surface area contributed by atoms with Gasteiger partial charge >= 0.3 is 0 Å². The molecule has 2 nitrogen and oxygen atoms in total. The van der Waals surface area contributed by atoms with Gasteiger partial charge in [0, 0.05) is 17.7 Å². The van der Waals surface area contributed by atoms with Gasteiger partial charge in [-0.3, -0.25) is 4.98 Å². The Balaban J connectivity index is 1.45. The summed E-state index contributed by atoms with van der Waals surface area (Å²) in [6.07, 6.45) is 18.1. The molecule has 0 amide bonds. The third-order valence-corrected chi connectivity index (χ3v) is 6.54. The molecule has 0 saturated heterocycles. The number of nitrogens with zero attached hydrogens (tertiary/aromatic N) is 1. The number of hydrogen-bond acceptors (Lipinski definition) is 2. The molecule has 0 bridgehead atoms. The van der Waals surface area contributed by atoms with Crippen molar-refractivity contribution in [2.24, 2.45) is 5.92 Å². The predicted molar refractivity (Wildman–Crippen MR) is 122 cm³/mol. The van der Waals surface area contributed by atoms with Crippen molar-refractivity contribution in [3.05, 3.63) is 53.7 Å². The number of benzene rings is 1. The van der Waals surface area contributed by atoms with E-state index in [2.05, 4.69) is 49.5 Å². The van der Waals surface area contributed by atoms with Crippen LogP contribution in [0.5, 0.6) is 0 Å². The first kappa shape index (κ1) is 21.7. The van der Waals surface area contributed by atoms with Crippen LogP contribution in [0.1, 0.15) is 94.6 Å². The number of aryl methyl sites for hydroxylation is 1. The molecule has 0 unspecified atom stereocenters. The molecule has 0 spiro atoms. The normalized spacial score (nSPS) is 19.2. The fourth-order valence-corrected chi connectivity index (χ4v) is 4.54. The van der Waals surface area contributed by atoms with Crippen molar-refractivity contribution in [1.82, 2.24) is 4.98 Å². The number of unbranched alkanes of at least 4 members (excludes halogenated alkanes) is 6. The molecule has 29 heavy (non-hydrogen) atoms. The number of pyridine rings is 1. The lowest BCUT2D eigenvalue weighted by molar-refractivity contribution is -0.111. The van der Waals surface area contributed by atoms with E-state index in [9.17, 15) is 4.79 Å². The maximum absolute atomic E-state index is 10.9. The topological polar surface area (TPSA) is 30.0 Å². The summed E-state index contributed by atoms with van der Waals surface area (Å²) in [7, 11) is 0. The minimum atomic E-state index is 0.286. The summed E-state index contributed by atoms with van der Waals surface area (Å²) in [6.45, 7) is 2.27. The molecule has 1 saturated carbocycles. The molecule has 1 aliphatic rings. The van der Waals surface area contributed by atoms with Crippen LogP contribution in [0.3, 0.4) is 0 Å². The number of hydrogen-bond donors (Lipinski definition) is 0. The summed E-state index contributed by atoms with van der Waals surface area (Å²) in [6, 6.07) is 13.3. The van der Waals surface area contributed by atoms with E-state index in [-0.39, 0.29) is 5.92 Å². The predicted octanol–water partition coefficient (Wildman–Crippen LogP) is 7.51. The fourth-order valence-electron chi connectivity index (χ4n) is 4.54. The first-order valence-corrected chi connectivity index (χ1v) is 11.8. The van der Waals surface area contributed by atoms with E-state index < -0.39 is 0 Å². The van der Waals surface area contributed by atoms with Gasteiger partial charge in [0.2, 0.25) is 0 Å². The molecule has 0 radical (unpaired) electrons. The van der Waals surface area contributed by atoms with E-state index in [1.165, 1.54) is 61.6 Å². The van der Waals surface area contributed by atoms with Gasteiger partial charge < -0.3 is 4.79 Å². The third-order valence-electron chi connectivity index (χ3n) is 6.54. The Kier molecular flexibility index (Phi) is 8.92. The molecule has 1 fully saturated rings. The summed E-state index contributed by atoms with van der Waals surface area (Å²) in [5, 5.41) is 0. The second kappa shape index (κ2) is 11.9. The zero-order valence-electron chi connectivity index (χ0n) is 18.1. The van der Waals surface area contributed by atoms with E-state index >= 15 is 0 Å². The molecule has 2 heteroatoms. The lowest BCUT2D eigenvalue weighted by atomic mass is 9.79. The average Bonchev–Trinajstić information content (AvgIpc) is 2.79. The van der Waals surface area contributed by atoms with E-state index in [1.807, 2.05) is 0 Å². The quantitative estimate of drug-likeness (QED) is 0.293. The fraction of sp³-hybridized carbons (Fsp3) is 0.556. The van der Waals surface area contributed by atoms with E-state index in [1.54, 1.807) is 0 Å². The molecule has 1 aliphatic carbocycles. The highest BCUT2D eigenvalue weighted by Crippen LogP contribution is 2.35. The number of carbonyl (C=O) groups is 1. The van der Waals surface area contributed by atoms with E-state index in [4.69, 9.17) is 4.98 Å². The van der Waals surface area contributed by atoms with Crippen LogP contribution >= 0.6 is 0 Å². The minimum Gasteiger partial charge on any atom is -0.303 e. The molecule has 3 rings (SSSR count). The van der Waals surface area contributed by atoms with Crippen molar-refractivity contribution in [1.29, 1.82) is 0 Å². The molecule has 156 valence electrons. The molecule has 0 aliphatic heterocycles. The van der Waals surface area contributed by atoms with Crippen LogP contribution in [0.25, 0.3) is 11.3 Å². The van der Waals surface area contributed by atoms with Crippen LogP contribution in [0, 0.1) is 5.92 Å². The van der Waals surface area contributed by atoms with Gasteiger partial charge in [0.25, 0.3) is 0 Å². The molecule has 0 N–H and O–H groups in total. The lowest BCUT2D eigenvalue weighted by Gasteiger charge is -2.25. The summed E-state index contributed by atoms with van der Waals surface area (Å²) in [4.78, 5) is 15.7. The summed E-state index contributed by atoms with van der Waals surface area (Å²) >= 11 is 0. The van der Waals surface area contributed by atoms with Gasteiger partial charge in [0.15, 0.2) is 0 Å². The third kappa shape index (κ3) is 6.80. The molecule has 0 atom stereocenters. The Labute approximate surface area is 177 Å². The van der Waals surface area contributed by atoms with Crippen molar-refractivity contribution in [2.45, 2.75) is 89.9 Å². The Morgan fingerprint density at radius 1 is 0.862 bits per heavy atom. The Morgan fingerprint density at radius 3 is 2.17 bits per heavy atom. The van der Waals surface area contributed by atoms with Gasteiger partial charge in [-0.2, -0.15) is 0 Å². The number of rotatable bonds is 11. The molecular weight excluding hydrogens is 354 g/mol. The molecular formula is C27H37NO. The van der Waals surface area contributed by atoms with Crippen LogP contribution in [-0.4, -0.2) is 11.3 Å². The lowest BCUT2D eigenvalue weighted by Crippen LogP contribution is -2.14. The highest BCUT2D eigenvalue weighted by molar-refractivity contribution is 5.59. The van der Waals surface area contributed by atoms with Gasteiger partial charge in [-0.1, -0.05) is 75.8 Å². The maximum Gasteiger partial charge on any atom is 0.123 e. The highest BCUT2D eigenvalue weighted by atomic mass is 16.1. The number of aldehydes is 1. The Hall–Kier alpha value is -1.96. The maximum atomic E-state index is 10.9. The van der Waals surface area contributed by atoms with Crippen LogP contribution in [0.2, 0.25) is 0 Å². The molecule has 2 aromatic rings. The van der Waals surface area contributed by atoms with E-state index in [0.717, 1.165) is 44.1 Å². The van der Waals surface area contributed by atoms with Gasteiger partial charge in [-0.15, -0.1) is 0 Å². The molecule has 1 heterocycles. The second-order valence-corrected chi connectivity index (χ2v) is 8.79. The first-order chi connectivity index (χ1) is 14.3. The molecule has 1 aromatic carbocycles. The number of carbonyl (C=O) groups excluding carboxylic acids is 1. The van der Waals surface area contributed by atoms with Crippen molar-refractivity contribution in [3.8, 4) is 11.3 Å². The van der Waals surface area contributed by atoms with Gasteiger partial charge in [0.1, 0.15) is 6.29 Å². The monoisotopic (exact) mass is 391 g/mol. The van der Waals surface area contributed by atoms with Gasteiger partial charge in [0.05, 0.1) is 5.69 Å². The SMILES string of the molecule is CCCCCCCCCc1ccc(-c2ccc([C@H]3CC[C@H](C=O)CC3)cc2)nc1. The average molecular weight is 392 g/mol. The van der Waals surface area contributed by atoms with E-state index in [0.29, 0.717) is 5.92 Å². The van der Waals surface area contributed by atoms with Crippen molar-refractivity contribution >= 4 is 6.29 Å². The van der Waals surface area contributed by atoms with Crippen molar-refractivity contribution in [3.63, 3.8) is 0 Å². The van der Waals surface area contributed by atoms with Crippen LogP contribution < -0.4 is 0 Å². The Morgan fingerprint density at radius 2 is 1.55 bits per heavy atom. The minimum absolute atomic E-state index is 0.286. The largest absolute Gasteiger partial charge is 0.303 e. The second-order valence-electron chi connectivity index (χ2n) is 8.79. The standard InChI is InChI=1S/C27H37NO/c1-2-3-4-5-6-7-8-9-22-12-19-27(28-20-22)26-17-15-25(16-18-26)24-13-10-23(21-29)11-14-24/h12,15-21,23-24H,2-11,13-14H2,1H3/t23-,24-. The zero-order valence-corrected chi connectivity index (χ0v) is 18.1. The molecule has 1 aromatic heterocycles. The van der Waals surface area contributed by atoms with Crippen LogP contribution in [0.4, 0.5) is 0 Å². The zero-order chi connectivity index (χ0) is 20.3. The van der Waals surface area contributed by atoms with Crippen molar-refractivity contribution < 1.29 is 4.79 Å². The van der Waals surface area contributed by atoms with Crippen molar-refractivity contribution in [2.75, 3.05) is 0 Å². The smallest absolute Gasteiger partial charge is 0.123 e. The van der Waals surface area contributed by atoms with Crippen LogP contribution in [0.15, 0.2) is 42.6 Å². The first-order valence-electron chi connectivity index (χ1n) is 11.8. The highest BCUT2D eigenvalue weighted by Gasteiger charge is 2.21.